The first-order chi connectivity index (χ1) is 19.8. The molecule has 0 bridgehead atoms. The third kappa shape index (κ3) is 5.83. The smallest absolute Gasteiger partial charge is 0.338 e. The second kappa shape index (κ2) is 11.9. The van der Waals surface area contributed by atoms with Crippen LogP contribution in [0.5, 0.6) is 11.5 Å². The van der Waals surface area contributed by atoms with Crippen LogP contribution < -0.4 is 24.4 Å². The van der Waals surface area contributed by atoms with Crippen LogP contribution >= 0.6 is 11.3 Å². The highest BCUT2D eigenvalue weighted by Crippen LogP contribution is 2.31. The fourth-order valence-electron chi connectivity index (χ4n) is 4.54. The first kappa shape index (κ1) is 28.0. The summed E-state index contributed by atoms with van der Waals surface area (Å²) in [5.74, 6) is -0.395. The second-order valence-corrected chi connectivity index (χ2v) is 10.2. The Morgan fingerprint density at radius 3 is 2.37 bits per heavy atom. The molecule has 0 N–H and O–H groups in total. The molecule has 1 aliphatic rings. The highest BCUT2D eigenvalue weighted by atomic mass is 32.1. The maximum Gasteiger partial charge on any atom is 0.338 e. The number of fused-ring (bicyclic) bond motifs is 1. The van der Waals surface area contributed by atoms with Gasteiger partial charge < -0.3 is 14.2 Å². The number of methoxy groups -OCH3 is 1. The Hall–Kier alpha value is -4.57. The van der Waals surface area contributed by atoms with Gasteiger partial charge in [-0.05, 0) is 73.0 Å². The van der Waals surface area contributed by atoms with Crippen molar-refractivity contribution in [1.82, 2.24) is 4.57 Å². The van der Waals surface area contributed by atoms with Gasteiger partial charge in [-0.1, -0.05) is 41.7 Å². The summed E-state index contributed by atoms with van der Waals surface area (Å²) < 4.78 is 45.4. The molecule has 41 heavy (non-hydrogen) atoms. The summed E-state index contributed by atoms with van der Waals surface area (Å²) in [5, 5.41) is 0. The predicted molar refractivity (Wildman–Crippen MR) is 151 cm³/mol. The van der Waals surface area contributed by atoms with Crippen LogP contribution in [0, 0.1) is 11.6 Å². The molecular formula is C31H26F2N2O5S. The fourth-order valence-corrected chi connectivity index (χ4v) is 5.58. The minimum Gasteiger partial charge on any atom is -0.493 e. The van der Waals surface area contributed by atoms with Gasteiger partial charge in [0.1, 0.15) is 18.2 Å². The summed E-state index contributed by atoms with van der Waals surface area (Å²) in [4.78, 5) is 31.7. The van der Waals surface area contributed by atoms with Crippen molar-refractivity contribution in [3.63, 3.8) is 0 Å². The molecule has 0 amide bonds. The molecule has 3 aromatic carbocycles. The van der Waals surface area contributed by atoms with Gasteiger partial charge in [0, 0.05) is 0 Å². The van der Waals surface area contributed by atoms with Crippen LogP contribution in [0.4, 0.5) is 8.78 Å². The summed E-state index contributed by atoms with van der Waals surface area (Å²) in [5.41, 5.74) is 2.33. The maximum absolute atomic E-state index is 13.8. The second-order valence-electron chi connectivity index (χ2n) is 9.18. The van der Waals surface area contributed by atoms with Crippen LogP contribution in [0.15, 0.2) is 87.8 Å². The number of carbonyl (C=O) groups excluding carboxylic acids is 1. The van der Waals surface area contributed by atoms with Gasteiger partial charge in [0.15, 0.2) is 16.3 Å². The van der Waals surface area contributed by atoms with Gasteiger partial charge in [0.25, 0.3) is 5.56 Å². The largest absolute Gasteiger partial charge is 0.493 e. The number of hydrogen-bond acceptors (Lipinski definition) is 7. The summed E-state index contributed by atoms with van der Waals surface area (Å²) in [6, 6.07) is 16.1. The van der Waals surface area contributed by atoms with Crippen molar-refractivity contribution < 1.29 is 27.8 Å². The highest BCUT2D eigenvalue weighted by molar-refractivity contribution is 7.07. The van der Waals surface area contributed by atoms with E-state index in [1.807, 2.05) is 0 Å². The lowest BCUT2D eigenvalue weighted by Gasteiger charge is -2.24. The highest BCUT2D eigenvalue weighted by Gasteiger charge is 2.33. The topological polar surface area (TPSA) is 79.1 Å². The number of aromatic nitrogens is 1. The van der Waals surface area contributed by atoms with Crippen LogP contribution in [0.25, 0.3) is 6.08 Å². The summed E-state index contributed by atoms with van der Waals surface area (Å²) in [7, 11) is 1.51. The Bertz CT molecular complexity index is 1810. The zero-order valence-corrected chi connectivity index (χ0v) is 23.3. The number of ether oxygens (including phenoxy) is 3. The van der Waals surface area contributed by atoms with E-state index in [9.17, 15) is 18.4 Å². The summed E-state index contributed by atoms with van der Waals surface area (Å²) in [6.45, 7) is 3.76. The van der Waals surface area contributed by atoms with Gasteiger partial charge in [-0.25, -0.2) is 18.6 Å². The van der Waals surface area contributed by atoms with Crippen molar-refractivity contribution in [2.24, 2.45) is 4.99 Å². The Kier molecular flexibility index (Phi) is 8.11. The predicted octanol–water partition coefficient (Wildman–Crippen LogP) is 4.66. The minimum atomic E-state index is -0.829. The summed E-state index contributed by atoms with van der Waals surface area (Å²) >= 11 is 1.18. The maximum atomic E-state index is 13.8. The Morgan fingerprint density at radius 2 is 1.71 bits per heavy atom. The van der Waals surface area contributed by atoms with E-state index in [-0.39, 0.29) is 30.2 Å². The van der Waals surface area contributed by atoms with Gasteiger partial charge >= 0.3 is 5.97 Å². The lowest BCUT2D eigenvalue weighted by Crippen LogP contribution is -2.39. The first-order valence-electron chi connectivity index (χ1n) is 12.8. The molecule has 0 radical (unpaired) electrons. The average Bonchev–Trinajstić information content (AvgIpc) is 3.26. The van der Waals surface area contributed by atoms with Crippen molar-refractivity contribution in [2.75, 3.05) is 13.7 Å². The van der Waals surface area contributed by atoms with Crippen LogP contribution in [0.3, 0.4) is 0 Å². The molecule has 4 aromatic rings. The van der Waals surface area contributed by atoms with E-state index in [1.54, 1.807) is 62.4 Å². The average molecular weight is 577 g/mol. The molecule has 0 unspecified atom stereocenters. The zero-order chi connectivity index (χ0) is 29.1. The lowest BCUT2D eigenvalue weighted by molar-refractivity contribution is -0.139. The van der Waals surface area contributed by atoms with E-state index in [4.69, 9.17) is 14.2 Å². The van der Waals surface area contributed by atoms with E-state index in [1.165, 1.54) is 47.3 Å². The Morgan fingerprint density at radius 1 is 1.02 bits per heavy atom. The molecule has 1 aromatic heterocycles. The van der Waals surface area contributed by atoms with E-state index < -0.39 is 17.8 Å². The number of hydrogen-bond donors (Lipinski definition) is 0. The van der Waals surface area contributed by atoms with Gasteiger partial charge in [-0.15, -0.1) is 0 Å². The van der Waals surface area contributed by atoms with E-state index in [0.29, 0.717) is 37.7 Å². The number of rotatable bonds is 8. The third-order valence-electron chi connectivity index (χ3n) is 6.50. The van der Waals surface area contributed by atoms with Crippen molar-refractivity contribution in [2.45, 2.75) is 26.5 Å². The van der Waals surface area contributed by atoms with Gasteiger partial charge in [-0.3, -0.25) is 9.36 Å². The number of halogens is 2. The van der Waals surface area contributed by atoms with E-state index in [2.05, 4.69) is 4.99 Å². The van der Waals surface area contributed by atoms with Gasteiger partial charge in [0.2, 0.25) is 0 Å². The molecule has 10 heteroatoms. The molecule has 1 atom stereocenters. The molecular weight excluding hydrogens is 550 g/mol. The molecule has 0 spiro atoms. The Labute approximate surface area is 238 Å². The number of esters is 1. The number of carbonyl (C=O) groups is 1. The van der Waals surface area contributed by atoms with E-state index >= 15 is 0 Å². The molecule has 0 fully saturated rings. The van der Waals surface area contributed by atoms with Crippen LogP contribution in [-0.4, -0.2) is 24.3 Å². The number of benzene rings is 3. The molecule has 210 valence electrons. The summed E-state index contributed by atoms with van der Waals surface area (Å²) in [6.07, 6.45) is 1.71. The van der Waals surface area contributed by atoms with Crippen LogP contribution in [0.1, 0.15) is 36.6 Å². The molecule has 0 aliphatic carbocycles. The zero-order valence-electron chi connectivity index (χ0n) is 22.5. The number of nitrogens with zero attached hydrogens (tertiary/aromatic N) is 2. The molecule has 0 saturated carbocycles. The van der Waals surface area contributed by atoms with Gasteiger partial charge in [0.05, 0.1) is 35.6 Å². The number of thiazole rings is 1. The van der Waals surface area contributed by atoms with Crippen LogP contribution in [-0.2, 0) is 16.1 Å². The van der Waals surface area contributed by atoms with E-state index in [0.717, 1.165) is 5.56 Å². The normalized spacial score (nSPS) is 14.9. The minimum absolute atomic E-state index is 0.154. The van der Waals surface area contributed by atoms with Crippen molar-refractivity contribution in [3.8, 4) is 11.5 Å². The lowest BCUT2D eigenvalue weighted by atomic mass is 9.96. The monoisotopic (exact) mass is 576 g/mol. The van der Waals surface area contributed by atoms with Crippen LogP contribution in [0.2, 0.25) is 0 Å². The molecule has 5 rings (SSSR count). The third-order valence-corrected chi connectivity index (χ3v) is 7.48. The fraction of sp³-hybridized carbons (Fsp3) is 0.194. The molecule has 2 heterocycles. The van der Waals surface area contributed by atoms with Crippen molar-refractivity contribution in [1.29, 1.82) is 0 Å². The molecule has 0 saturated heterocycles. The molecule has 7 nitrogen and oxygen atoms in total. The van der Waals surface area contributed by atoms with Gasteiger partial charge in [-0.2, -0.15) is 0 Å². The standard InChI is InChI=1S/C31H26F2N2O5S/c1-4-39-30(37)27-18(2)34-31-35(28(27)21-8-12-23(33)13-9-21)29(36)26(41-31)16-20-7-14-24(25(15-20)38-3)40-17-19-5-10-22(32)11-6-19/h5-16,28H,4,17H2,1-3H3/b26-16-/t28-/m0/s1. The van der Waals surface area contributed by atoms with Crippen molar-refractivity contribution in [3.05, 3.63) is 126 Å². The quantitative estimate of drug-likeness (QED) is 0.285. The van der Waals surface area contributed by atoms with Crippen molar-refractivity contribution >= 4 is 23.4 Å². The Balaban J connectivity index is 1.53. The first-order valence-corrected chi connectivity index (χ1v) is 13.6. The molecule has 1 aliphatic heterocycles. The number of allylic oxidation sites excluding steroid dienone is 1. The SMILES string of the molecule is CCOC(=O)C1=C(C)N=c2s/c(=C\c3ccc(OCc4ccc(F)cc4)c(OC)c3)c(=O)n2[C@H]1c1ccc(F)cc1.